The summed E-state index contributed by atoms with van der Waals surface area (Å²) in [4.78, 5) is 32.3. The van der Waals surface area contributed by atoms with Crippen LogP contribution in [0.1, 0.15) is 38.2 Å². The topological polar surface area (TPSA) is 86.3 Å². The van der Waals surface area contributed by atoms with E-state index in [0.29, 0.717) is 17.1 Å². The van der Waals surface area contributed by atoms with Crippen molar-refractivity contribution in [3.63, 3.8) is 0 Å². The third kappa shape index (κ3) is 4.91. The molecule has 0 spiro atoms. The highest BCUT2D eigenvalue weighted by Crippen LogP contribution is 2.18. The van der Waals surface area contributed by atoms with Gasteiger partial charge in [-0.05, 0) is 25.7 Å². The van der Waals surface area contributed by atoms with Crippen LogP contribution in [0.25, 0.3) is 0 Å². The Hall–Kier alpha value is -1.21. The Balaban J connectivity index is 0.00000242. The largest absolute Gasteiger partial charge is 0.493 e. The number of amides is 1. The molecule has 8 heteroatoms. The minimum absolute atomic E-state index is 0. The highest BCUT2D eigenvalue weighted by molar-refractivity contribution is 7.99. The average Bonchev–Trinajstić information content (AvgIpc) is 2.49. The molecular formula is C14H22ClN3O3S. The molecule has 1 aliphatic heterocycles. The van der Waals surface area contributed by atoms with Crippen LogP contribution in [0.2, 0.25) is 0 Å². The summed E-state index contributed by atoms with van der Waals surface area (Å²) in [5.74, 6) is 0.0585. The maximum absolute atomic E-state index is 12.0. The molecule has 0 bridgehead atoms. The predicted octanol–water partition coefficient (Wildman–Crippen LogP) is 1.95. The molecule has 0 saturated carbocycles. The van der Waals surface area contributed by atoms with Crippen LogP contribution in [0.4, 0.5) is 0 Å². The number of likely N-dealkylation sites (tertiary alicyclic amines) is 1. The molecule has 1 fully saturated rings. The van der Waals surface area contributed by atoms with Gasteiger partial charge in [-0.3, -0.25) is 9.59 Å². The summed E-state index contributed by atoms with van der Waals surface area (Å²) in [6, 6.07) is 0. The number of aromatic nitrogens is 2. The van der Waals surface area contributed by atoms with E-state index < -0.39 is 0 Å². The summed E-state index contributed by atoms with van der Waals surface area (Å²) in [5, 5.41) is 10.1. The zero-order valence-electron chi connectivity index (χ0n) is 12.6. The summed E-state index contributed by atoms with van der Waals surface area (Å²) in [5.41, 5.74) is -0.0125. The molecule has 6 nitrogen and oxygen atoms in total. The molecule has 0 radical (unpaired) electrons. The zero-order valence-corrected chi connectivity index (χ0v) is 14.3. The van der Waals surface area contributed by atoms with E-state index in [1.165, 1.54) is 6.42 Å². The minimum atomic E-state index is -0.322. The number of nitrogens with one attached hydrogen (secondary N) is 1. The lowest BCUT2D eigenvalue weighted by Gasteiger charge is -2.26. The number of rotatable bonds is 5. The van der Waals surface area contributed by atoms with Crippen molar-refractivity contribution in [3.05, 3.63) is 15.9 Å². The number of hydrogen-bond acceptors (Lipinski definition) is 5. The number of carbonyl (C=O) groups is 1. The first kappa shape index (κ1) is 18.8. The van der Waals surface area contributed by atoms with Crippen LogP contribution in [0, 0.1) is 0 Å². The van der Waals surface area contributed by atoms with E-state index in [1.807, 2.05) is 11.8 Å². The number of H-pyrrole nitrogens is 1. The first-order valence-electron chi connectivity index (χ1n) is 7.34. The van der Waals surface area contributed by atoms with Crippen molar-refractivity contribution in [1.29, 1.82) is 0 Å². The smallest absolute Gasteiger partial charge is 0.258 e. The van der Waals surface area contributed by atoms with E-state index in [0.717, 1.165) is 44.1 Å². The summed E-state index contributed by atoms with van der Waals surface area (Å²) in [6.45, 7) is 3.55. The molecule has 2 rings (SSSR count). The summed E-state index contributed by atoms with van der Waals surface area (Å²) in [7, 11) is 0. The quantitative estimate of drug-likeness (QED) is 0.628. The SMILES string of the molecule is CCCc1c(O)nc(SCC(=O)N2CCCCC2)[nH]c1=O.Cl. The molecule has 0 atom stereocenters. The fourth-order valence-electron chi connectivity index (χ4n) is 2.37. The zero-order chi connectivity index (χ0) is 15.2. The van der Waals surface area contributed by atoms with E-state index in [-0.39, 0.29) is 35.5 Å². The van der Waals surface area contributed by atoms with Gasteiger partial charge in [-0.1, -0.05) is 25.1 Å². The van der Waals surface area contributed by atoms with Crippen LogP contribution in [0.3, 0.4) is 0 Å². The second-order valence-electron chi connectivity index (χ2n) is 5.15. The maximum Gasteiger partial charge on any atom is 0.258 e. The highest BCUT2D eigenvalue weighted by atomic mass is 35.5. The lowest BCUT2D eigenvalue weighted by Crippen LogP contribution is -2.36. The monoisotopic (exact) mass is 347 g/mol. The Morgan fingerprint density at radius 2 is 2.05 bits per heavy atom. The number of aromatic amines is 1. The third-order valence-corrected chi connectivity index (χ3v) is 4.37. The standard InChI is InChI=1S/C14H21N3O3S.ClH/c1-2-6-10-12(19)15-14(16-13(10)20)21-9-11(18)17-7-4-3-5-8-17;/h2-9H2,1H3,(H2,15,16,19,20);1H. The molecule has 0 aromatic carbocycles. The normalized spacial score (nSPS) is 14.5. The Morgan fingerprint density at radius 3 is 2.64 bits per heavy atom. The lowest BCUT2D eigenvalue weighted by molar-refractivity contribution is -0.129. The van der Waals surface area contributed by atoms with Crippen molar-refractivity contribution in [2.24, 2.45) is 0 Å². The van der Waals surface area contributed by atoms with Crippen molar-refractivity contribution < 1.29 is 9.90 Å². The first-order chi connectivity index (χ1) is 10.1. The minimum Gasteiger partial charge on any atom is -0.493 e. The molecule has 1 aliphatic rings. The van der Waals surface area contributed by atoms with E-state index in [9.17, 15) is 14.7 Å². The molecule has 2 N–H and O–H groups in total. The van der Waals surface area contributed by atoms with Crippen molar-refractivity contribution in [2.45, 2.75) is 44.2 Å². The molecule has 2 heterocycles. The maximum atomic E-state index is 12.0. The number of aromatic hydroxyl groups is 1. The second-order valence-corrected chi connectivity index (χ2v) is 6.12. The fourth-order valence-corrected chi connectivity index (χ4v) is 3.13. The second kappa shape index (κ2) is 9.05. The number of carbonyl (C=O) groups excluding carboxylic acids is 1. The fraction of sp³-hybridized carbons (Fsp3) is 0.643. The van der Waals surface area contributed by atoms with Gasteiger partial charge in [0.25, 0.3) is 5.56 Å². The number of piperidine rings is 1. The van der Waals surface area contributed by atoms with Gasteiger partial charge in [-0.15, -0.1) is 12.4 Å². The number of hydrogen-bond donors (Lipinski definition) is 2. The average molecular weight is 348 g/mol. The van der Waals surface area contributed by atoms with Crippen molar-refractivity contribution in [1.82, 2.24) is 14.9 Å². The van der Waals surface area contributed by atoms with E-state index in [1.54, 1.807) is 0 Å². The van der Waals surface area contributed by atoms with Gasteiger partial charge < -0.3 is 15.0 Å². The molecule has 22 heavy (non-hydrogen) atoms. The van der Waals surface area contributed by atoms with Crippen LogP contribution in [0.5, 0.6) is 5.88 Å². The van der Waals surface area contributed by atoms with Crippen molar-refractivity contribution >= 4 is 30.1 Å². The molecule has 0 aliphatic carbocycles. The van der Waals surface area contributed by atoms with Gasteiger partial charge in [-0.25, -0.2) is 0 Å². The van der Waals surface area contributed by atoms with Crippen molar-refractivity contribution in [3.8, 4) is 5.88 Å². The Morgan fingerprint density at radius 1 is 1.36 bits per heavy atom. The predicted molar refractivity (Wildman–Crippen MR) is 88.9 cm³/mol. The van der Waals surface area contributed by atoms with Gasteiger partial charge in [0.2, 0.25) is 11.8 Å². The van der Waals surface area contributed by atoms with Gasteiger partial charge in [0.05, 0.1) is 11.3 Å². The number of thioether (sulfide) groups is 1. The first-order valence-corrected chi connectivity index (χ1v) is 8.33. The Labute approximate surface area is 140 Å². The van der Waals surface area contributed by atoms with Gasteiger partial charge >= 0.3 is 0 Å². The number of halogens is 1. The summed E-state index contributed by atoms with van der Waals surface area (Å²) >= 11 is 1.16. The Kier molecular flexibility index (Phi) is 7.75. The van der Waals surface area contributed by atoms with Gasteiger partial charge in [0, 0.05) is 13.1 Å². The van der Waals surface area contributed by atoms with E-state index >= 15 is 0 Å². The molecule has 0 unspecified atom stereocenters. The molecular weight excluding hydrogens is 326 g/mol. The molecule has 1 saturated heterocycles. The highest BCUT2D eigenvalue weighted by Gasteiger charge is 2.17. The van der Waals surface area contributed by atoms with Crippen LogP contribution in [-0.4, -0.2) is 44.7 Å². The number of nitrogens with zero attached hydrogens (tertiary/aromatic N) is 2. The van der Waals surface area contributed by atoms with Crippen LogP contribution < -0.4 is 5.56 Å². The molecule has 1 aromatic rings. The summed E-state index contributed by atoms with van der Waals surface area (Å²) < 4.78 is 0. The lowest BCUT2D eigenvalue weighted by atomic mass is 10.1. The van der Waals surface area contributed by atoms with E-state index in [2.05, 4.69) is 9.97 Å². The Bertz CT molecular complexity index is 559. The summed E-state index contributed by atoms with van der Waals surface area (Å²) in [6.07, 6.45) is 4.54. The van der Waals surface area contributed by atoms with Gasteiger partial charge in [0.1, 0.15) is 0 Å². The van der Waals surface area contributed by atoms with Gasteiger partial charge in [-0.2, -0.15) is 4.98 Å². The third-order valence-electron chi connectivity index (χ3n) is 3.51. The van der Waals surface area contributed by atoms with Gasteiger partial charge in [0.15, 0.2) is 5.16 Å². The van der Waals surface area contributed by atoms with E-state index in [4.69, 9.17) is 0 Å². The molecule has 1 aromatic heterocycles. The van der Waals surface area contributed by atoms with Crippen LogP contribution >= 0.6 is 24.2 Å². The van der Waals surface area contributed by atoms with Crippen LogP contribution in [-0.2, 0) is 11.2 Å². The molecule has 124 valence electrons. The molecule has 1 amide bonds. The van der Waals surface area contributed by atoms with Crippen molar-refractivity contribution in [2.75, 3.05) is 18.8 Å². The van der Waals surface area contributed by atoms with Crippen LogP contribution in [0.15, 0.2) is 9.95 Å².